The molecule has 0 radical (unpaired) electrons. The highest BCUT2D eigenvalue weighted by Crippen LogP contribution is 2.23. The fraction of sp³-hybridized carbons (Fsp3) is 0.500. The van der Waals surface area contributed by atoms with Crippen molar-refractivity contribution in [3.63, 3.8) is 0 Å². The van der Waals surface area contributed by atoms with Crippen LogP contribution in [0.2, 0.25) is 0 Å². The molecule has 0 amide bonds. The van der Waals surface area contributed by atoms with Crippen LogP contribution in [0.3, 0.4) is 0 Å². The second kappa shape index (κ2) is 4.64. The van der Waals surface area contributed by atoms with Gasteiger partial charge in [-0.2, -0.15) is 0 Å². The van der Waals surface area contributed by atoms with E-state index in [0.29, 0.717) is 6.04 Å². The first kappa shape index (κ1) is 10.5. The molecule has 3 nitrogen and oxygen atoms in total. The summed E-state index contributed by atoms with van der Waals surface area (Å²) in [6, 6.07) is 7.21. The summed E-state index contributed by atoms with van der Waals surface area (Å²) in [7, 11) is 0. The van der Waals surface area contributed by atoms with Crippen molar-refractivity contribution < 1.29 is 10.2 Å². The van der Waals surface area contributed by atoms with Gasteiger partial charge in [-0.15, -0.1) is 0 Å². The number of rotatable bonds is 3. The summed E-state index contributed by atoms with van der Waals surface area (Å²) in [6.07, 6.45) is 2.67. The molecule has 1 aromatic rings. The molecule has 15 heavy (non-hydrogen) atoms. The number of phenolic OH excluding ortho intramolecular Hbond substituents is 1. The van der Waals surface area contributed by atoms with Crippen molar-refractivity contribution in [3.05, 3.63) is 29.8 Å². The highest BCUT2D eigenvalue weighted by Gasteiger charge is 2.18. The van der Waals surface area contributed by atoms with Crippen LogP contribution in [0, 0.1) is 0 Å². The molecule has 1 aliphatic heterocycles. The van der Waals surface area contributed by atoms with Gasteiger partial charge in [-0.3, -0.25) is 0 Å². The fourth-order valence-electron chi connectivity index (χ4n) is 2.06. The zero-order chi connectivity index (χ0) is 10.7. The summed E-state index contributed by atoms with van der Waals surface area (Å²) >= 11 is 0. The largest absolute Gasteiger partial charge is 0.508 e. The predicted molar refractivity (Wildman–Crippen MR) is 58.7 cm³/mol. The molecule has 2 unspecified atom stereocenters. The lowest BCUT2D eigenvalue weighted by Crippen LogP contribution is -2.23. The van der Waals surface area contributed by atoms with Crippen molar-refractivity contribution >= 4 is 0 Å². The molecule has 1 heterocycles. The van der Waals surface area contributed by atoms with E-state index in [0.717, 1.165) is 24.9 Å². The lowest BCUT2D eigenvalue weighted by Gasteiger charge is -2.16. The molecule has 0 aromatic heterocycles. The van der Waals surface area contributed by atoms with Gasteiger partial charge in [0.15, 0.2) is 0 Å². The van der Waals surface area contributed by atoms with Crippen molar-refractivity contribution in [1.29, 1.82) is 0 Å². The Bertz CT molecular complexity index is 304. The molecule has 2 rings (SSSR count). The molecule has 2 atom stereocenters. The van der Waals surface area contributed by atoms with Crippen molar-refractivity contribution in [3.8, 4) is 5.75 Å². The summed E-state index contributed by atoms with van der Waals surface area (Å²) in [6.45, 7) is 1.06. The zero-order valence-electron chi connectivity index (χ0n) is 8.69. The summed E-state index contributed by atoms with van der Waals surface area (Å²) in [5.41, 5.74) is 0.876. The van der Waals surface area contributed by atoms with Crippen molar-refractivity contribution in [2.45, 2.75) is 31.4 Å². The van der Waals surface area contributed by atoms with Gasteiger partial charge in [0.05, 0.1) is 6.10 Å². The Morgan fingerprint density at radius 2 is 2.07 bits per heavy atom. The Hall–Kier alpha value is -1.06. The van der Waals surface area contributed by atoms with Crippen LogP contribution >= 0.6 is 0 Å². The van der Waals surface area contributed by atoms with Crippen molar-refractivity contribution in [1.82, 2.24) is 5.32 Å². The number of nitrogens with one attached hydrogen (secondary N) is 1. The first-order valence-corrected chi connectivity index (χ1v) is 5.46. The Kier molecular flexibility index (Phi) is 3.23. The fourth-order valence-corrected chi connectivity index (χ4v) is 2.06. The average molecular weight is 207 g/mol. The predicted octanol–water partition coefficient (Wildman–Crippen LogP) is 1.57. The summed E-state index contributed by atoms with van der Waals surface area (Å²) in [4.78, 5) is 0. The second-order valence-corrected chi connectivity index (χ2v) is 4.14. The van der Waals surface area contributed by atoms with Gasteiger partial charge in [0.25, 0.3) is 0 Å². The summed E-state index contributed by atoms with van der Waals surface area (Å²) in [5, 5.41) is 22.4. The first-order chi connectivity index (χ1) is 7.25. The molecule has 3 N–H and O–H groups in total. The highest BCUT2D eigenvalue weighted by molar-refractivity contribution is 5.27. The molecule has 0 bridgehead atoms. The third kappa shape index (κ3) is 2.70. The average Bonchev–Trinajstić information content (AvgIpc) is 2.71. The molecule has 1 aromatic carbocycles. The minimum absolute atomic E-state index is 0.241. The topological polar surface area (TPSA) is 52.5 Å². The summed E-state index contributed by atoms with van der Waals surface area (Å²) in [5.74, 6) is 0.241. The maximum atomic E-state index is 9.95. The van der Waals surface area contributed by atoms with Crippen LogP contribution in [0.4, 0.5) is 0 Å². The minimum Gasteiger partial charge on any atom is -0.508 e. The molecule has 0 aliphatic carbocycles. The maximum absolute atomic E-state index is 9.95. The van der Waals surface area contributed by atoms with E-state index in [9.17, 15) is 5.11 Å². The van der Waals surface area contributed by atoms with Gasteiger partial charge >= 0.3 is 0 Å². The van der Waals surface area contributed by atoms with Crippen LogP contribution in [0.5, 0.6) is 5.75 Å². The van der Waals surface area contributed by atoms with Crippen LogP contribution < -0.4 is 5.32 Å². The third-order valence-electron chi connectivity index (χ3n) is 2.95. The monoisotopic (exact) mass is 207 g/mol. The summed E-state index contributed by atoms with van der Waals surface area (Å²) < 4.78 is 0. The van der Waals surface area contributed by atoms with E-state index in [4.69, 9.17) is 5.11 Å². The van der Waals surface area contributed by atoms with Crippen molar-refractivity contribution in [2.75, 3.05) is 6.54 Å². The molecular formula is C12H17NO2. The molecule has 0 saturated carbocycles. The molecular weight excluding hydrogens is 190 g/mol. The van der Waals surface area contributed by atoms with Gasteiger partial charge in [0, 0.05) is 6.04 Å². The van der Waals surface area contributed by atoms with Crippen LogP contribution in [-0.2, 0) is 0 Å². The van der Waals surface area contributed by atoms with Crippen LogP contribution in [0.15, 0.2) is 24.3 Å². The van der Waals surface area contributed by atoms with Crippen LogP contribution in [-0.4, -0.2) is 22.8 Å². The van der Waals surface area contributed by atoms with E-state index in [1.807, 2.05) is 0 Å². The lowest BCUT2D eigenvalue weighted by molar-refractivity contribution is 0.154. The maximum Gasteiger partial charge on any atom is 0.115 e. The van der Waals surface area contributed by atoms with Gasteiger partial charge in [-0.05, 0) is 43.5 Å². The van der Waals surface area contributed by atoms with Gasteiger partial charge in [-0.1, -0.05) is 12.1 Å². The molecule has 1 saturated heterocycles. The van der Waals surface area contributed by atoms with E-state index in [1.165, 1.54) is 6.42 Å². The second-order valence-electron chi connectivity index (χ2n) is 4.14. The third-order valence-corrected chi connectivity index (χ3v) is 2.95. The molecule has 0 spiro atoms. The quantitative estimate of drug-likeness (QED) is 0.705. The lowest BCUT2D eigenvalue weighted by atomic mass is 10.0. The highest BCUT2D eigenvalue weighted by atomic mass is 16.3. The first-order valence-electron chi connectivity index (χ1n) is 5.46. The Morgan fingerprint density at radius 3 is 2.67 bits per heavy atom. The number of benzene rings is 1. The number of aliphatic hydroxyl groups excluding tert-OH is 1. The van der Waals surface area contributed by atoms with E-state index in [1.54, 1.807) is 24.3 Å². The number of aliphatic hydroxyl groups is 1. The number of phenols is 1. The zero-order valence-corrected chi connectivity index (χ0v) is 8.69. The van der Waals surface area contributed by atoms with Gasteiger partial charge in [0.1, 0.15) is 5.75 Å². The Balaban J connectivity index is 1.94. The van der Waals surface area contributed by atoms with Crippen LogP contribution in [0.1, 0.15) is 30.9 Å². The number of hydrogen-bond acceptors (Lipinski definition) is 3. The van der Waals surface area contributed by atoms with Gasteiger partial charge < -0.3 is 15.5 Å². The van der Waals surface area contributed by atoms with E-state index in [2.05, 4.69) is 5.32 Å². The molecule has 3 heteroatoms. The number of aromatic hydroxyl groups is 1. The minimum atomic E-state index is -0.429. The molecule has 1 aliphatic rings. The standard InChI is InChI=1S/C12H17NO2/c14-11-5-3-9(4-6-11)12(15)8-10-2-1-7-13-10/h3-6,10,12-15H,1-2,7-8H2. The smallest absolute Gasteiger partial charge is 0.115 e. The van der Waals surface area contributed by atoms with Gasteiger partial charge in [-0.25, -0.2) is 0 Å². The van der Waals surface area contributed by atoms with E-state index < -0.39 is 6.10 Å². The molecule has 82 valence electrons. The van der Waals surface area contributed by atoms with Crippen LogP contribution in [0.25, 0.3) is 0 Å². The number of hydrogen-bond donors (Lipinski definition) is 3. The Labute approximate surface area is 89.8 Å². The van der Waals surface area contributed by atoms with E-state index >= 15 is 0 Å². The van der Waals surface area contributed by atoms with Crippen molar-refractivity contribution in [2.24, 2.45) is 0 Å². The van der Waals surface area contributed by atoms with E-state index in [-0.39, 0.29) is 5.75 Å². The normalized spacial score (nSPS) is 22.9. The van der Waals surface area contributed by atoms with Gasteiger partial charge in [0.2, 0.25) is 0 Å². The Morgan fingerprint density at radius 1 is 1.33 bits per heavy atom. The molecule has 1 fully saturated rings. The SMILES string of the molecule is Oc1ccc(C(O)CC2CCCN2)cc1.